The van der Waals surface area contributed by atoms with Gasteiger partial charge in [-0.1, -0.05) is 13.8 Å². The third-order valence-corrected chi connectivity index (χ3v) is 3.18. The molecule has 0 spiro atoms. The van der Waals surface area contributed by atoms with Gasteiger partial charge in [-0.15, -0.1) is 0 Å². The summed E-state index contributed by atoms with van der Waals surface area (Å²) in [7, 11) is 0. The van der Waals surface area contributed by atoms with E-state index in [0.29, 0.717) is 16.5 Å². The fourth-order valence-electron chi connectivity index (χ4n) is 1.54. The first-order chi connectivity index (χ1) is 8.97. The zero-order valence-corrected chi connectivity index (χ0v) is 11.7. The van der Waals surface area contributed by atoms with Gasteiger partial charge in [0.15, 0.2) is 0 Å². The SMILES string of the molecule is Cc1cc(Oc2nc(C(C)C)ns2)ccc1C(=O)O. The molecule has 0 fully saturated rings. The zero-order valence-electron chi connectivity index (χ0n) is 10.9. The third kappa shape index (κ3) is 3.08. The van der Waals surface area contributed by atoms with Gasteiger partial charge in [-0.3, -0.25) is 0 Å². The van der Waals surface area contributed by atoms with Crippen LogP contribution in [0.25, 0.3) is 0 Å². The van der Waals surface area contributed by atoms with E-state index in [2.05, 4.69) is 9.36 Å². The summed E-state index contributed by atoms with van der Waals surface area (Å²) in [6, 6.07) is 4.82. The van der Waals surface area contributed by atoms with Crippen LogP contribution in [0.15, 0.2) is 18.2 Å². The summed E-state index contributed by atoms with van der Waals surface area (Å²) in [5.41, 5.74) is 0.922. The monoisotopic (exact) mass is 278 g/mol. The molecule has 0 radical (unpaired) electrons. The molecule has 0 saturated carbocycles. The fourth-order valence-corrected chi connectivity index (χ4v) is 2.23. The van der Waals surface area contributed by atoms with Gasteiger partial charge in [0.2, 0.25) is 0 Å². The molecule has 6 heteroatoms. The van der Waals surface area contributed by atoms with E-state index in [9.17, 15) is 4.79 Å². The van der Waals surface area contributed by atoms with Crippen molar-refractivity contribution in [2.24, 2.45) is 0 Å². The summed E-state index contributed by atoms with van der Waals surface area (Å²) in [4.78, 5) is 15.2. The second-order valence-corrected chi connectivity index (χ2v) is 5.17. The smallest absolute Gasteiger partial charge is 0.335 e. The number of aromatic nitrogens is 2. The number of aryl methyl sites for hydroxylation is 1. The molecule has 1 aromatic heterocycles. The predicted molar refractivity (Wildman–Crippen MR) is 72.2 cm³/mol. The van der Waals surface area contributed by atoms with E-state index in [0.717, 1.165) is 5.82 Å². The number of aromatic carboxylic acids is 1. The molecule has 5 nitrogen and oxygen atoms in total. The first-order valence-corrected chi connectivity index (χ1v) is 6.60. The van der Waals surface area contributed by atoms with E-state index in [1.54, 1.807) is 19.1 Å². The van der Waals surface area contributed by atoms with Crippen LogP contribution in [0.2, 0.25) is 0 Å². The molecule has 2 aromatic rings. The summed E-state index contributed by atoms with van der Waals surface area (Å²) in [5.74, 6) is 0.625. The number of rotatable bonds is 4. The van der Waals surface area contributed by atoms with Crippen molar-refractivity contribution in [2.75, 3.05) is 0 Å². The van der Waals surface area contributed by atoms with Gasteiger partial charge in [-0.25, -0.2) is 4.79 Å². The first kappa shape index (κ1) is 13.5. The number of nitrogens with zero attached hydrogens (tertiary/aromatic N) is 2. The van der Waals surface area contributed by atoms with Gasteiger partial charge in [0.25, 0.3) is 5.19 Å². The molecule has 2 rings (SSSR count). The number of hydrogen-bond acceptors (Lipinski definition) is 5. The van der Waals surface area contributed by atoms with Crippen LogP contribution in [-0.4, -0.2) is 20.4 Å². The van der Waals surface area contributed by atoms with Crippen molar-refractivity contribution in [3.63, 3.8) is 0 Å². The normalized spacial score (nSPS) is 10.7. The van der Waals surface area contributed by atoms with Crippen molar-refractivity contribution in [2.45, 2.75) is 26.7 Å². The topological polar surface area (TPSA) is 72.3 Å². The zero-order chi connectivity index (χ0) is 14.0. The highest BCUT2D eigenvalue weighted by Gasteiger charge is 2.11. The minimum atomic E-state index is -0.943. The lowest BCUT2D eigenvalue weighted by Crippen LogP contribution is -1.99. The lowest BCUT2D eigenvalue weighted by Gasteiger charge is -2.04. The molecule has 1 heterocycles. The maximum atomic E-state index is 10.9. The fraction of sp³-hybridized carbons (Fsp3) is 0.308. The molecule has 0 atom stereocenters. The summed E-state index contributed by atoms with van der Waals surface area (Å²) in [5, 5.41) is 9.41. The van der Waals surface area contributed by atoms with Crippen LogP contribution in [-0.2, 0) is 0 Å². The summed E-state index contributed by atoms with van der Waals surface area (Å²) >= 11 is 1.19. The lowest BCUT2D eigenvalue weighted by molar-refractivity contribution is 0.0696. The van der Waals surface area contributed by atoms with Crippen molar-refractivity contribution < 1.29 is 14.6 Å². The van der Waals surface area contributed by atoms with E-state index in [1.165, 1.54) is 17.6 Å². The van der Waals surface area contributed by atoms with E-state index in [4.69, 9.17) is 9.84 Å². The molecule has 1 N–H and O–H groups in total. The number of carboxylic acids is 1. The Morgan fingerprint density at radius 1 is 1.42 bits per heavy atom. The van der Waals surface area contributed by atoms with Crippen molar-refractivity contribution in [1.82, 2.24) is 9.36 Å². The van der Waals surface area contributed by atoms with Crippen molar-refractivity contribution in [3.8, 4) is 10.9 Å². The Labute approximate surface area is 115 Å². The van der Waals surface area contributed by atoms with Gasteiger partial charge < -0.3 is 9.84 Å². The second-order valence-electron chi connectivity index (χ2n) is 4.46. The predicted octanol–water partition coefficient (Wildman–Crippen LogP) is 3.46. The first-order valence-electron chi connectivity index (χ1n) is 5.82. The largest absolute Gasteiger partial charge is 0.478 e. The van der Waals surface area contributed by atoms with Crippen LogP contribution < -0.4 is 4.74 Å². The van der Waals surface area contributed by atoms with Crippen molar-refractivity contribution in [1.29, 1.82) is 0 Å². The van der Waals surface area contributed by atoms with Crippen molar-refractivity contribution >= 4 is 17.5 Å². The highest BCUT2D eigenvalue weighted by atomic mass is 32.1. The quantitative estimate of drug-likeness (QED) is 0.927. The molecule has 100 valence electrons. The van der Waals surface area contributed by atoms with E-state index in [1.807, 2.05) is 13.8 Å². The van der Waals surface area contributed by atoms with E-state index < -0.39 is 5.97 Å². The highest BCUT2D eigenvalue weighted by molar-refractivity contribution is 7.07. The molecular formula is C13H14N2O3S. The minimum absolute atomic E-state index is 0.254. The molecule has 0 unspecified atom stereocenters. The standard InChI is InChI=1S/C13H14N2O3S/c1-7(2)11-14-13(19-15-11)18-9-4-5-10(12(16)17)8(3)6-9/h4-7H,1-3H3,(H,16,17). The van der Waals surface area contributed by atoms with Crippen LogP contribution in [0.3, 0.4) is 0 Å². The Balaban J connectivity index is 2.19. The molecule has 0 amide bonds. The third-order valence-electron chi connectivity index (χ3n) is 2.57. The van der Waals surface area contributed by atoms with Gasteiger partial charge in [-0.05, 0) is 30.7 Å². The van der Waals surface area contributed by atoms with Gasteiger partial charge in [0.1, 0.15) is 11.6 Å². The van der Waals surface area contributed by atoms with E-state index in [-0.39, 0.29) is 11.5 Å². The minimum Gasteiger partial charge on any atom is -0.478 e. The van der Waals surface area contributed by atoms with Crippen LogP contribution in [0.4, 0.5) is 0 Å². The molecule has 0 aliphatic rings. The number of benzene rings is 1. The summed E-state index contributed by atoms with van der Waals surface area (Å²) in [6.07, 6.45) is 0. The molecular weight excluding hydrogens is 264 g/mol. The van der Waals surface area contributed by atoms with Crippen LogP contribution in [0, 0.1) is 6.92 Å². The summed E-state index contributed by atoms with van der Waals surface area (Å²) < 4.78 is 9.77. The average Bonchev–Trinajstić information content (AvgIpc) is 2.77. The van der Waals surface area contributed by atoms with Gasteiger partial charge in [-0.2, -0.15) is 9.36 Å². The lowest BCUT2D eigenvalue weighted by atomic mass is 10.1. The van der Waals surface area contributed by atoms with E-state index >= 15 is 0 Å². The maximum Gasteiger partial charge on any atom is 0.335 e. The van der Waals surface area contributed by atoms with Crippen molar-refractivity contribution in [3.05, 3.63) is 35.2 Å². The molecule has 0 aliphatic heterocycles. The Bertz CT molecular complexity index is 608. The van der Waals surface area contributed by atoms with Crippen LogP contribution in [0.5, 0.6) is 10.9 Å². The molecule has 0 aliphatic carbocycles. The molecule has 0 saturated heterocycles. The Kier molecular flexibility index (Phi) is 3.80. The average molecular weight is 278 g/mol. The highest BCUT2D eigenvalue weighted by Crippen LogP contribution is 2.26. The maximum absolute atomic E-state index is 10.9. The number of ether oxygens (including phenoxy) is 1. The van der Waals surface area contributed by atoms with Gasteiger partial charge >= 0.3 is 5.97 Å². The Morgan fingerprint density at radius 2 is 2.16 bits per heavy atom. The number of hydrogen-bond donors (Lipinski definition) is 1. The Hall–Kier alpha value is -1.95. The Morgan fingerprint density at radius 3 is 2.68 bits per heavy atom. The number of carboxylic acid groups (broad SMARTS) is 1. The van der Waals surface area contributed by atoms with Crippen LogP contribution >= 0.6 is 11.5 Å². The number of carbonyl (C=O) groups is 1. The second kappa shape index (κ2) is 5.36. The summed E-state index contributed by atoms with van der Waals surface area (Å²) in [6.45, 7) is 5.76. The van der Waals surface area contributed by atoms with Gasteiger partial charge in [0.05, 0.1) is 5.56 Å². The van der Waals surface area contributed by atoms with Gasteiger partial charge in [0, 0.05) is 17.5 Å². The molecule has 0 bridgehead atoms. The molecule has 1 aromatic carbocycles. The van der Waals surface area contributed by atoms with Crippen LogP contribution in [0.1, 0.15) is 41.5 Å². The molecule has 19 heavy (non-hydrogen) atoms.